The molecule has 0 aromatic carbocycles. The molecule has 27 heavy (non-hydrogen) atoms. The average molecular weight is 397 g/mol. The lowest BCUT2D eigenvalue weighted by molar-refractivity contribution is -0.147. The minimum atomic E-state index is -1.09. The average Bonchev–Trinajstić information content (AvgIpc) is 3.13. The summed E-state index contributed by atoms with van der Waals surface area (Å²) in [5.41, 5.74) is -1.09. The number of carboxylic acids is 1. The Morgan fingerprint density at radius 1 is 1.00 bits per heavy atom. The summed E-state index contributed by atoms with van der Waals surface area (Å²) < 4.78 is 0. The third-order valence-corrected chi connectivity index (χ3v) is 7.65. The molecular formula is C20H32N2O4S. The van der Waals surface area contributed by atoms with Gasteiger partial charge in [-0.1, -0.05) is 19.3 Å². The predicted molar refractivity (Wildman–Crippen MR) is 106 cm³/mol. The molecule has 0 spiro atoms. The van der Waals surface area contributed by atoms with E-state index in [-0.39, 0.29) is 23.8 Å². The molecule has 1 heterocycles. The Labute approximate surface area is 165 Å². The van der Waals surface area contributed by atoms with Gasteiger partial charge in [-0.05, 0) is 56.6 Å². The van der Waals surface area contributed by atoms with Gasteiger partial charge in [-0.3, -0.25) is 9.59 Å². The summed E-state index contributed by atoms with van der Waals surface area (Å²) in [6, 6.07) is 0.153. The molecule has 0 bridgehead atoms. The molecule has 3 rings (SSSR count). The second-order valence-electron chi connectivity index (χ2n) is 8.50. The van der Waals surface area contributed by atoms with Crippen LogP contribution >= 0.6 is 11.8 Å². The van der Waals surface area contributed by atoms with Crippen molar-refractivity contribution < 1.29 is 19.5 Å². The first kappa shape index (κ1) is 20.5. The van der Waals surface area contributed by atoms with Crippen LogP contribution in [0.3, 0.4) is 0 Å². The number of rotatable bonds is 6. The summed E-state index contributed by atoms with van der Waals surface area (Å²) in [6.45, 7) is 0. The van der Waals surface area contributed by atoms with Crippen molar-refractivity contribution in [2.75, 3.05) is 11.5 Å². The number of amides is 2. The van der Waals surface area contributed by atoms with Crippen molar-refractivity contribution in [3.63, 3.8) is 0 Å². The normalized spacial score (nSPS) is 32.0. The Bertz CT molecular complexity index is 548. The molecule has 3 fully saturated rings. The topological polar surface area (TPSA) is 95.5 Å². The van der Waals surface area contributed by atoms with E-state index in [1.807, 2.05) is 0 Å². The van der Waals surface area contributed by atoms with Crippen LogP contribution in [0.15, 0.2) is 0 Å². The highest BCUT2D eigenvalue weighted by atomic mass is 32.2. The molecule has 2 aliphatic carbocycles. The summed E-state index contributed by atoms with van der Waals surface area (Å²) in [7, 11) is 0. The zero-order valence-electron chi connectivity index (χ0n) is 16.0. The number of hydrogen-bond acceptors (Lipinski definition) is 4. The van der Waals surface area contributed by atoms with E-state index in [4.69, 9.17) is 0 Å². The number of aliphatic carboxylic acids is 1. The highest BCUT2D eigenvalue weighted by molar-refractivity contribution is 7.99. The van der Waals surface area contributed by atoms with Crippen LogP contribution < -0.4 is 10.6 Å². The van der Waals surface area contributed by atoms with E-state index >= 15 is 0 Å². The van der Waals surface area contributed by atoms with Gasteiger partial charge in [-0.25, -0.2) is 4.79 Å². The molecule has 0 aromatic rings. The van der Waals surface area contributed by atoms with E-state index in [0.717, 1.165) is 18.6 Å². The molecule has 2 saturated carbocycles. The molecule has 2 amide bonds. The summed E-state index contributed by atoms with van der Waals surface area (Å²) in [4.78, 5) is 36.5. The molecule has 7 heteroatoms. The van der Waals surface area contributed by atoms with E-state index in [2.05, 4.69) is 10.6 Å². The summed E-state index contributed by atoms with van der Waals surface area (Å²) in [5.74, 6) is 0.710. The number of carboxylic acid groups (broad SMARTS) is 1. The predicted octanol–water partition coefficient (Wildman–Crippen LogP) is 2.71. The molecule has 1 aliphatic heterocycles. The maximum atomic E-state index is 12.6. The van der Waals surface area contributed by atoms with E-state index in [1.165, 1.54) is 32.1 Å². The van der Waals surface area contributed by atoms with Crippen LogP contribution in [0.4, 0.5) is 0 Å². The Morgan fingerprint density at radius 2 is 1.70 bits per heavy atom. The van der Waals surface area contributed by atoms with Gasteiger partial charge in [0.25, 0.3) is 0 Å². The van der Waals surface area contributed by atoms with Crippen molar-refractivity contribution in [1.82, 2.24) is 10.6 Å². The Balaban J connectivity index is 1.41. The van der Waals surface area contributed by atoms with E-state index < -0.39 is 11.5 Å². The van der Waals surface area contributed by atoms with Crippen LogP contribution in [0.5, 0.6) is 0 Å². The van der Waals surface area contributed by atoms with Crippen molar-refractivity contribution in [3.05, 3.63) is 0 Å². The van der Waals surface area contributed by atoms with Gasteiger partial charge in [0.15, 0.2) is 0 Å². The smallest absolute Gasteiger partial charge is 0.330 e. The minimum absolute atomic E-state index is 0.133. The first-order valence-electron chi connectivity index (χ1n) is 10.4. The van der Waals surface area contributed by atoms with E-state index in [9.17, 15) is 19.5 Å². The SMILES string of the molecule is O=C(CC1CCCCC1)NC1CCC(C(=O)NC2(C(=O)O)CCSC2)CC1. The van der Waals surface area contributed by atoms with Gasteiger partial charge in [0.1, 0.15) is 5.54 Å². The number of thioether (sulfide) groups is 1. The molecule has 3 aliphatic rings. The van der Waals surface area contributed by atoms with E-state index in [1.54, 1.807) is 11.8 Å². The molecule has 3 N–H and O–H groups in total. The van der Waals surface area contributed by atoms with Crippen LogP contribution in [0, 0.1) is 11.8 Å². The van der Waals surface area contributed by atoms with Gasteiger partial charge in [0.2, 0.25) is 11.8 Å². The van der Waals surface area contributed by atoms with Gasteiger partial charge < -0.3 is 15.7 Å². The second kappa shape index (κ2) is 9.30. The fourth-order valence-electron chi connectivity index (χ4n) is 4.66. The van der Waals surface area contributed by atoms with Gasteiger partial charge in [0.05, 0.1) is 0 Å². The zero-order chi connectivity index (χ0) is 19.3. The van der Waals surface area contributed by atoms with Gasteiger partial charge >= 0.3 is 5.97 Å². The summed E-state index contributed by atoms with van der Waals surface area (Å²) in [6.07, 6.45) is 10.3. The van der Waals surface area contributed by atoms with Crippen molar-refractivity contribution in [2.24, 2.45) is 11.8 Å². The first-order valence-corrected chi connectivity index (χ1v) is 11.6. The quantitative estimate of drug-likeness (QED) is 0.642. The van der Waals surface area contributed by atoms with Gasteiger partial charge in [-0.15, -0.1) is 0 Å². The van der Waals surface area contributed by atoms with Gasteiger partial charge in [-0.2, -0.15) is 11.8 Å². The Hall–Kier alpha value is -1.24. The standard InChI is InChI=1S/C20H32N2O4S/c23-17(12-14-4-2-1-3-5-14)21-16-8-6-15(7-9-16)18(24)22-20(19(25)26)10-11-27-13-20/h14-16H,1-13H2,(H,21,23)(H,22,24)(H,25,26). The highest BCUT2D eigenvalue weighted by Gasteiger charge is 2.44. The molecule has 152 valence electrons. The van der Waals surface area contributed by atoms with Crippen LogP contribution in [-0.2, 0) is 14.4 Å². The molecule has 6 nitrogen and oxygen atoms in total. The monoisotopic (exact) mass is 396 g/mol. The lowest BCUT2D eigenvalue weighted by atomic mass is 9.84. The largest absolute Gasteiger partial charge is 0.479 e. The molecular weight excluding hydrogens is 364 g/mol. The first-order chi connectivity index (χ1) is 13.0. The molecule has 1 atom stereocenters. The van der Waals surface area contributed by atoms with Crippen LogP contribution in [0.25, 0.3) is 0 Å². The van der Waals surface area contributed by atoms with Crippen LogP contribution in [0.2, 0.25) is 0 Å². The molecule has 0 aromatic heterocycles. The lowest BCUT2D eigenvalue weighted by Crippen LogP contribution is -2.56. The summed E-state index contributed by atoms with van der Waals surface area (Å²) in [5, 5.41) is 15.5. The van der Waals surface area contributed by atoms with Crippen molar-refractivity contribution in [2.45, 2.75) is 82.2 Å². The van der Waals surface area contributed by atoms with Crippen molar-refractivity contribution >= 4 is 29.5 Å². The minimum Gasteiger partial charge on any atom is -0.479 e. The molecule has 0 radical (unpaired) electrons. The number of carbonyl (C=O) groups is 3. The van der Waals surface area contributed by atoms with E-state index in [0.29, 0.717) is 37.4 Å². The molecule has 1 saturated heterocycles. The van der Waals surface area contributed by atoms with Crippen molar-refractivity contribution in [1.29, 1.82) is 0 Å². The third-order valence-electron chi connectivity index (χ3n) is 6.46. The zero-order valence-corrected chi connectivity index (χ0v) is 16.8. The maximum absolute atomic E-state index is 12.6. The fourth-order valence-corrected chi connectivity index (χ4v) is 5.99. The van der Waals surface area contributed by atoms with Gasteiger partial charge in [0, 0.05) is 24.1 Å². The van der Waals surface area contributed by atoms with Crippen molar-refractivity contribution in [3.8, 4) is 0 Å². The third kappa shape index (κ3) is 5.39. The van der Waals surface area contributed by atoms with Crippen LogP contribution in [0.1, 0.15) is 70.6 Å². The van der Waals surface area contributed by atoms with Crippen LogP contribution in [-0.4, -0.2) is 46.0 Å². The number of hydrogen-bond donors (Lipinski definition) is 3. The lowest BCUT2D eigenvalue weighted by Gasteiger charge is -2.32. The highest BCUT2D eigenvalue weighted by Crippen LogP contribution is 2.31. The molecule has 1 unspecified atom stereocenters. The second-order valence-corrected chi connectivity index (χ2v) is 9.61. The number of carbonyl (C=O) groups excluding carboxylic acids is 2. The number of nitrogens with one attached hydrogen (secondary N) is 2. The summed E-state index contributed by atoms with van der Waals surface area (Å²) >= 11 is 1.58. The maximum Gasteiger partial charge on any atom is 0.330 e. The Kier molecular flexibility index (Phi) is 7.06. The fraction of sp³-hybridized carbons (Fsp3) is 0.850. The Morgan fingerprint density at radius 3 is 2.30 bits per heavy atom.